The second kappa shape index (κ2) is 7.07. The highest BCUT2D eigenvalue weighted by molar-refractivity contribution is 9.10. The van der Waals surface area contributed by atoms with Gasteiger partial charge < -0.3 is 10.2 Å². The summed E-state index contributed by atoms with van der Waals surface area (Å²) < 4.78 is 0.833. The number of carbonyl (C=O) groups is 1. The van der Waals surface area contributed by atoms with E-state index >= 15 is 0 Å². The minimum Gasteiger partial charge on any atom is -0.369 e. The van der Waals surface area contributed by atoms with Gasteiger partial charge in [-0.05, 0) is 47.2 Å². The number of nitrogens with one attached hydrogen (secondary N) is 1. The number of rotatable bonds is 6. The van der Waals surface area contributed by atoms with Crippen LogP contribution in [-0.4, -0.2) is 35.9 Å². The van der Waals surface area contributed by atoms with Gasteiger partial charge in [0.2, 0.25) is 0 Å². The first-order valence-corrected chi connectivity index (χ1v) is 8.06. The van der Waals surface area contributed by atoms with Crippen molar-refractivity contribution in [2.24, 2.45) is 5.92 Å². The molecule has 5 heteroatoms. The normalized spacial score (nSPS) is 14.8. The van der Waals surface area contributed by atoms with Crippen LogP contribution in [0.25, 0.3) is 0 Å². The first-order chi connectivity index (χ1) is 9.61. The molecule has 0 atom stereocenters. The standard InChI is InChI=1S/C15H22BrN3O/c1-3-7-17-14-13(8-12(16)9-18-14)15(20)19(2)10-11-5-4-6-11/h8-9,11H,3-7,10H2,1-2H3,(H,17,18). The monoisotopic (exact) mass is 339 g/mol. The minimum absolute atomic E-state index is 0.0457. The number of nitrogens with zero attached hydrogens (tertiary/aromatic N) is 2. The number of pyridine rings is 1. The molecule has 1 amide bonds. The lowest BCUT2D eigenvalue weighted by Crippen LogP contribution is -2.34. The van der Waals surface area contributed by atoms with Crippen LogP contribution >= 0.6 is 15.9 Å². The predicted molar refractivity (Wildman–Crippen MR) is 85.0 cm³/mol. The van der Waals surface area contributed by atoms with E-state index in [1.807, 2.05) is 18.0 Å². The molecule has 0 saturated heterocycles. The molecule has 1 aromatic heterocycles. The van der Waals surface area contributed by atoms with Crippen LogP contribution in [0.15, 0.2) is 16.7 Å². The Kier molecular flexibility index (Phi) is 5.40. The number of carbonyl (C=O) groups excluding carboxylic acids is 1. The zero-order valence-corrected chi connectivity index (χ0v) is 13.7. The van der Waals surface area contributed by atoms with Crippen LogP contribution in [0.1, 0.15) is 43.0 Å². The van der Waals surface area contributed by atoms with E-state index in [1.54, 1.807) is 6.20 Å². The highest BCUT2D eigenvalue weighted by Crippen LogP contribution is 2.28. The molecule has 2 rings (SSSR count). The molecular weight excluding hydrogens is 318 g/mol. The van der Waals surface area contributed by atoms with Gasteiger partial charge >= 0.3 is 0 Å². The zero-order chi connectivity index (χ0) is 14.5. The molecule has 1 fully saturated rings. The molecule has 0 unspecified atom stereocenters. The lowest BCUT2D eigenvalue weighted by atomic mass is 9.85. The average molecular weight is 340 g/mol. The second-order valence-electron chi connectivity index (χ2n) is 5.46. The highest BCUT2D eigenvalue weighted by Gasteiger charge is 2.23. The number of hydrogen-bond acceptors (Lipinski definition) is 3. The van der Waals surface area contributed by atoms with Gasteiger partial charge in [-0.15, -0.1) is 0 Å². The van der Waals surface area contributed by atoms with Gasteiger partial charge in [0, 0.05) is 30.8 Å². The van der Waals surface area contributed by atoms with Crippen molar-refractivity contribution in [1.29, 1.82) is 0 Å². The van der Waals surface area contributed by atoms with E-state index in [0.717, 1.165) is 24.0 Å². The fraction of sp³-hybridized carbons (Fsp3) is 0.600. The van der Waals surface area contributed by atoms with E-state index in [1.165, 1.54) is 19.3 Å². The van der Waals surface area contributed by atoms with Crippen molar-refractivity contribution in [2.45, 2.75) is 32.6 Å². The summed E-state index contributed by atoms with van der Waals surface area (Å²) in [6.45, 7) is 3.76. The fourth-order valence-corrected chi connectivity index (χ4v) is 2.67. The van der Waals surface area contributed by atoms with Crippen LogP contribution in [-0.2, 0) is 0 Å². The third-order valence-electron chi connectivity index (χ3n) is 3.73. The van der Waals surface area contributed by atoms with Crippen LogP contribution in [0, 0.1) is 5.92 Å². The Labute approximate surface area is 129 Å². The van der Waals surface area contributed by atoms with Crippen molar-refractivity contribution in [1.82, 2.24) is 9.88 Å². The van der Waals surface area contributed by atoms with Crippen LogP contribution in [0.2, 0.25) is 0 Å². The first-order valence-electron chi connectivity index (χ1n) is 7.26. The smallest absolute Gasteiger partial charge is 0.257 e. The van der Waals surface area contributed by atoms with Crippen molar-refractivity contribution in [3.05, 3.63) is 22.3 Å². The SMILES string of the molecule is CCCNc1ncc(Br)cc1C(=O)N(C)CC1CCC1. The predicted octanol–water partition coefficient (Wildman–Crippen LogP) is 3.54. The van der Waals surface area contributed by atoms with Gasteiger partial charge in [0.25, 0.3) is 5.91 Å². The molecule has 110 valence electrons. The lowest BCUT2D eigenvalue weighted by molar-refractivity contribution is 0.0745. The van der Waals surface area contributed by atoms with E-state index < -0.39 is 0 Å². The molecule has 1 heterocycles. The second-order valence-corrected chi connectivity index (χ2v) is 6.37. The van der Waals surface area contributed by atoms with E-state index in [4.69, 9.17) is 0 Å². The maximum absolute atomic E-state index is 12.6. The van der Waals surface area contributed by atoms with Gasteiger partial charge in [0.15, 0.2) is 0 Å². The Balaban J connectivity index is 2.11. The average Bonchev–Trinajstić information content (AvgIpc) is 2.40. The quantitative estimate of drug-likeness (QED) is 0.862. The first kappa shape index (κ1) is 15.3. The van der Waals surface area contributed by atoms with E-state index in [-0.39, 0.29) is 5.91 Å². The molecule has 0 spiro atoms. The third-order valence-corrected chi connectivity index (χ3v) is 4.16. The summed E-state index contributed by atoms with van der Waals surface area (Å²) in [5.74, 6) is 1.40. The van der Waals surface area contributed by atoms with Crippen LogP contribution in [0.3, 0.4) is 0 Å². The summed E-state index contributed by atoms with van der Waals surface area (Å²) in [6.07, 6.45) is 6.52. The highest BCUT2D eigenvalue weighted by atomic mass is 79.9. The summed E-state index contributed by atoms with van der Waals surface area (Å²) in [6, 6.07) is 1.85. The molecule has 20 heavy (non-hydrogen) atoms. The Hall–Kier alpha value is -1.10. The van der Waals surface area contributed by atoms with Crippen molar-refractivity contribution >= 4 is 27.7 Å². The number of amides is 1. The van der Waals surface area contributed by atoms with Crippen molar-refractivity contribution in [3.63, 3.8) is 0 Å². The molecule has 1 aliphatic rings. The number of aromatic nitrogens is 1. The van der Waals surface area contributed by atoms with Crippen LogP contribution in [0.4, 0.5) is 5.82 Å². The van der Waals surface area contributed by atoms with E-state index in [9.17, 15) is 4.79 Å². The zero-order valence-electron chi connectivity index (χ0n) is 12.2. The van der Waals surface area contributed by atoms with Gasteiger partial charge in [-0.3, -0.25) is 4.79 Å². The maximum Gasteiger partial charge on any atom is 0.257 e. The molecule has 1 aliphatic carbocycles. The van der Waals surface area contributed by atoms with Gasteiger partial charge in [-0.1, -0.05) is 13.3 Å². The van der Waals surface area contributed by atoms with Gasteiger partial charge in [0.1, 0.15) is 5.82 Å². The van der Waals surface area contributed by atoms with Crippen molar-refractivity contribution in [2.75, 3.05) is 25.5 Å². The molecule has 1 N–H and O–H groups in total. The van der Waals surface area contributed by atoms with E-state index in [2.05, 4.69) is 33.2 Å². The van der Waals surface area contributed by atoms with Crippen molar-refractivity contribution < 1.29 is 4.79 Å². The summed E-state index contributed by atoms with van der Waals surface area (Å²) in [5.41, 5.74) is 0.648. The summed E-state index contributed by atoms with van der Waals surface area (Å²) in [5, 5.41) is 3.23. The topological polar surface area (TPSA) is 45.2 Å². The molecule has 4 nitrogen and oxygen atoms in total. The summed E-state index contributed by atoms with van der Waals surface area (Å²) in [7, 11) is 1.88. The Morgan fingerprint density at radius 3 is 2.90 bits per heavy atom. The van der Waals surface area contributed by atoms with Gasteiger partial charge in [0.05, 0.1) is 5.56 Å². The van der Waals surface area contributed by atoms with E-state index in [0.29, 0.717) is 17.3 Å². The summed E-state index contributed by atoms with van der Waals surface area (Å²) >= 11 is 3.40. The third kappa shape index (κ3) is 3.72. The van der Waals surface area contributed by atoms with Gasteiger partial charge in [-0.25, -0.2) is 4.98 Å². The number of halogens is 1. The summed E-state index contributed by atoms with van der Waals surface area (Å²) in [4.78, 5) is 18.7. The molecule has 0 aliphatic heterocycles. The Bertz CT molecular complexity index is 474. The van der Waals surface area contributed by atoms with Crippen molar-refractivity contribution in [3.8, 4) is 0 Å². The Morgan fingerprint density at radius 2 is 2.30 bits per heavy atom. The number of hydrogen-bond donors (Lipinski definition) is 1. The molecule has 0 aromatic carbocycles. The molecule has 1 saturated carbocycles. The molecule has 0 radical (unpaired) electrons. The lowest BCUT2D eigenvalue weighted by Gasteiger charge is -2.30. The molecular formula is C15H22BrN3O. The number of anilines is 1. The minimum atomic E-state index is 0.0457. The maximum atomic E-state index is 12.6. The Morgan fingerprint density at radius 1 is 1.55 bits per heavy atom. The molecule has 0 bridgehead atoms. The molecule has 1 aromatic rings. The van der Waals surface area contributed by atoms with Crippen LogP contribution < -0.4 is 5.32 Å². The van der Waals surface area contributed by atoms with Crippen LogP contribution in [0.5, 0.6) is 0 Å². The fourth-order valence-electron chi connectivity index (χ4n) is 2.34. The van der Waals surface area contributed by atoms with Gasteiger partial charge in [-0.2, -0.15) is 0 Å². The largest absolute Gasteiger partial charge is 0.369 e.